The van der Waals surface area contributed by atoms with Gasteiger partial charge in [-0.25, -0.2) is 4.98 Å². The summed E-state index contributed by atoms with van der Waals surface area (Å²) < 4.78 is 5.36. The van der Waals surface area contributed by atoms with Gasteiger partial charge in [-0.05, 0) is 25.7 Å². The van der Waals surface area contributed by atoms with E-state index >= 15 is 0 Å². The molecule has 19 heavy (non-hydrogen) atoms. The van der Waals surface area contributed by atoms with Crippen LogP contribution in [0.5, 0.6) is 5.88 Å². The van der Waals surface area contributed by atoms with Crippen LogP contribution in [0.25, 0.3) is 0 Å². The van der Waals surface area contributed by atoms with Crippen molar-refractivity contribution in [2.75, 3.05) is 24.6 Å². The molecule has 0 radical (unpaired) electrons. The molecule has 1 saturated heterocycles. The summed E-state index contributed by atoms with van der Waals surface area (Å²) in [5.41, 5.74) is 0. The minimum absolute atomic E-state index is 0.234. The van der Waals surface area contributed by atoms with E-state index in [0.717, 1.165) is 25.9 Å². The topological polar surface area (TPSA) is 75.5 Å². The van der Waals surface area contributed by atoms with Crippen LogP contribution >= 0.6 is 0 Å². The Morgan fingerprint density at radius 3 is 3.21 bits per heavy atom. The van der Waals surface area contributed by atoms with Crippen molar-refractivity contribution in [2.24, 2.45) is 5.92 Å². The van der Waals surface area contributed by atoms with Gasteiger partial charge in [0.05, 0.1) is 6.61 Å². The van der Waals surface area contributed by atoms with Gasteiger partial charge in [-0.15, -0.1) is 0 Å². The minimum Gasteiger partial charge on any atom is -0.481 e. The van der Waals surface area contributed by atoms with Crippen molar-refractivity contribution >= 4 is 11.9 Å². The third-order valence-electron chi connectivity index (χ3n) is 3.24. The Morgan fingerprint density at radius 1 is 1.63 bits per heavy atom. The molecule has 0 saturated carbocycles. The monoisotopic (exact) mass is 265 g/mol. The highest BCUT2D eigenvalue weighted by molar-refractivity contribution is 5.66. The summed E-state index contributed by atoms with van der Waals surface area (Å²) in [6, 6.07) is 1.74. The number of aliphatic carboxylic acids is 1. The van der Waals surface area contributed by atoms with Crippen LogP contribution in [0.4, 0.5) is 5.95 Å². The van der Waals surface area contributed by atoms with Crippen LogP contribution in [-0.4, -0.2) is 40.7 Å². The fraction of sp³-hybridized carbons (Fsp3) is 0.615. The maximum atomic E-state index is 10.6. The Labute approximate surface area is 112 Å². The molecule has 0 aromatic carbocycles. The summed E-state index contributed by atoms with van der Waals surface area (Å²) in [7, 11) is 0. The molecule has 1 aliphatic rings. The Kier molecular flexibility index (Phi) is 4.54. The maximum Gasteiger partial charge on any atom is 0.303 e. The first-order valence-electron chi connectivity index (χ1n) is 6.61. The quantitative estimate of drug-likeness (QED) is 0.841. The lowest BCUT2D eigenvalue weighted by molar-refractivity contribution is -0.137. The first-order chi connectivity index (χ1) is 9.19. The van der Waals surface area contributed by atoms with E-state index < -0.39 is 5.97 Å². The summed E-state index contributed by atoms with van der Waals surface area (Å²) in [5.74, 6) is 0.939. The van der Waals surface area contributed by atoms with Crippen LogP contribution in [-0.2, 0) is 4.79 Å². The standard InChI is InChI=1S/C13H19N3O3/c1-2-19-11-5-7-14-13(15-11)16-8-6-10(9-16)3-4-12(17)18/h5,7,10H,2-4,6,8-9H2,1H3,(H,17,18). The molecule has 2 heterocycles. The molecule has 6 nitrogen and oxygen atoms in total. The molecule has 104 valence electrons. The lowest BCUT2D eigenvalue weighted by Crippen LogP contribution is -2.22. The maximum absolute atomic E-state index is 10.6. The van der Waals surface area contributed by atoms with Crippen molar-refractivity contribution in [1.82, 2.24) is 9.97 Å². The van der Waals surface area contributed by atoms with Crippen molar-refractivity contribution in [3.05, 3.63) is 12.3 Å². The molecule has 1 aromatic heterocycles. The molecule has 1 unspecified atom stereocenters. The predicted octanol–water partition coefficient (Wildman–Crippen LogP) is 1.57. The van der Waals surface area contributed by atoms with Crippen molar-refractivity contribution in [1.29, 1.82) is 0 Å². The molecule has 1 aliphatic heterocycles. The van der Waals surface area contributed by atoms with Gasteiger partial charge in [0.1, 0.15) is 0 Å². The summed E-state index contributed by atoms with van der Waals surface area (Å²) in [4.78, 5) is 21.3. The predicted molar refractivity (Wildman–Crippen MR) is 70.4 cm³/mol. The van der Waals surface area contributed by atoms with Gasteiger partial charge in [0, 0.05) is 31.8 Å². The molecular formula is C13H19N3O3. The Morgan fingerprint density at radius 2 is 2.47 bits per heavy atom. The molecule has 6 heteroatoms. The molecule has 1 fully saturated rings. The van der Waals surface area contributed by atoms with Crippen molar-refractivity contribution < 1.29 is 14.6 Å². The number of hydrogen-bond acceptors (Lipinski definition) is 5. The fourth-order valence-electron chi connectivity index (χ4n) is 2.29. The number of ether oxygens (including phenoxy) is 1. The summed E-state index contributed by atoms with van der Waals surface area (Å²) in [5, 5.41) is 8.70. The van der Waals surface area contributed by atoms with Gasteiger partial charge in [0.25, 0.3) is 0 Å². The zero-order chi connectivity index (χ0) is 13.7. The molecule has 1 aromatic rings. The van der Waals surface area contributed by atoms with Crippen LogP contribution < -0.4 is 9.64 Å². The summed E-state index contributed by atoms with van der Waals surface area (Å²) >= 11 is 0. The van der Waals surface area contributed by atoms with Crippen LogP contribution in [0.2, 0.25) is 0 Å². The van der Waals surface area contributed by atoms with E-state index in [9.17, 15) is 4.79 Å². The van der Waals surface area contributed by atoms with Gasteiger partial charge in [0.15, 0.2) is 0 Å². The lowest BCUT2D eigenvalue weighted by Gasteiger charge is -2.16. The zero-order valence-corrected chi connectivity index (χ0v) is 11.1. The van der Waals surface area contributed by atoms with Crippen molar-refractivity contribution in [3.63, 3.8) is 0 Å². The highest BCUT2D eigenvalue weighted by atomic mass is 16.5. The first-order valence-corrected chi connectivity index (χ1v) is 6.61. The van der Waals surface area contributed by atoms with E-state index in [1.807, 2.05) is 6.92 Å². The second-order valence-electron chi connectivity index (χ2n) is 4.66. The number of aromatic nitrogens is 2. The zero-order valence-electron chi connectivity index (χ0n) is 11.1. The lowest BCUT2D eigenvalue weighted by atomic mass is 10.0. The largest absolute Gasteiger partial charge is 0.481 e. The second-order valence-corrected chi connectivity index (χ2v) is 4.66. The third kappa shape index (κ3) is 3.81. The minimum atomic E-state index is -0.729. The van der Waals surface area contributed by atoms with Gasteiger partial charge in [-0.2, -0.15) is 4.98 Å². The van der Waals surface area contributed by atoms with Crippen LogP contribution in [0.1, 0.15) is 26.2 Å². The molecule has 1 atom stereocenters. The molecule has 1 N–H and O–H groups in total. The molecule has 2 rings (SSSR count). The fourth-order valence-corrected chi connectivity index (χ4v) is 2.29. The Hall–Kier alpha value is -1.85. The number of anilines is 1. The Balaban J connectivity index is 1.92. The van der Waals surface area contributed by atoms with Gasteiger partial charge in [-0.1, -0.05) is 0 Å². The highest BCUT2D eigenvalue weighted by Crippen LogP contribution is 2.24. The van der Waals surface area contributed by atoms with Gasteiger partial charge in [0.2, 0.25) is 11.8 Å². The number of carbonyl (C=O) groups is 1. The Bertz CT molecular complexity index is 439. The van der Waals surface area contributed by atoms with Gasteiger partial charge < -0.3 is 14.7 Å². The van der Waals surface area contributed by atoms with E-state index in [1.54, 1.807) is 12.3 Å². The third-order valence-corrected chi connectivity index (χ3v) is 3.24. The van der Waals surface area contributed by atoms with Crippen LogP contribution in [0, 0.1) is 5.92 Å². The molecule has 0 bridgehead atoms. The number of carboxylic acid groups (broad SMARTS) is 1. The number of rotatable bonds is 6. The number of nitrogens with zero attached hydrogens (tertiary/aromatic N) is 3. The van der Waals surface area contributed by atoms with E-state index in [1.165, 1.54) is 0 Å². The highest BCUT2D eigenvalue weighted by Gasteiger charge is 2.24. The number of hydrogen-bond donors (Lipinski definition) is 1. The smallest absolute Gasteiger partial charge is 0.303 e. The normalized spacial score (nSPS) is 18.6. The first kappa shape index (κ1) is 13.6. The van der Waals surface area contributed by atoms with Crippen molar-refractivity contribution in [3.8, 4) is 5.88 Å². The molecule has 0 aliphatic carbocycles. The average Bonchev–Trinajstić information content (AvgIpc) is 2.86. The van der Waals surface area contributed by atoms with Crippen LogP contribution in [0.15, 0.2) is 12.3 Å². The van der Waals surface area contributed by atoms with Gasteiger partial charge >= 0.3 is 5.97 Å². The summed E-state index contributed by atoms with van der Waals surface area (Å²) in [6.07, 6.45) is 3.64. The van der Waals surface area contributed by atoms with Crippen molar-refractivity contribution in [2.45, 2.75) is 26.2 Å². The van der Waals surface area contributed by atoms with E-state index in [0.29, 0.717) is 24.4 Å². The summed E-state index contributed by atoms with van der Waals surface area (Å²) in [6.45, 7) is 4.19. The molecular weight excluding hydrogens is 246 g/mol. The number of carboxylic acids is 1. The molecule has 0 spiro atoms. The van der Waals surface area contributed by atoms with Crippen LogP contribution in [0.3, 0.4) is 0 Å². The second kappa shape index (κ2) is 6.36. The van der Waals surface area contributed by atoms with E-state index in [4.69, 9.17) is 9.84 Å². The SMILES string of the molecule is CCOc1ccnc(N2CCC(CCC(=O)O)C2)n1. The molecule has 0 amide bonds. The average molecular weight is 265 g/mol. The van der Waals surface area contributed by atoms with E-state index in [2.05, 4.69) is 14.9 Å². The van der Waals surface area contributed by atoms with E-state index in [-0.39, 0.29) is 6.42 Å². The van der Waals surface area contributed by atoms with Gasteiger partial charge in [-0.3, -0.25) is 4.79 Å².